The number of nitrogens with one attached hydrogen (secondary N) is 1. The summed E-state index contributed by atoms with van der Waals surface area (Å²) in [5.41, 5.74) is 0.481. The molecule has 1 N–H and O–H groups in total. The van der Waals surface area contributed by atoms with Gasteiger partial charge in [0.15, 0.2) is 17.3 Å². The van der Waals surface area contributed by atoms with Crippen molar-refractivity contribution in [2.45, 2.75) is 6.61 Å². The van der Waals surface area contributed by atoms with E-state index in [-0.39, 0.29) is 12.4 Å². The molecule has 4 aromatic rings. The molecule has 0 saturated carbocycles. The first-order valence-electron chi connectivity index (χ1n) is 9.93. The fourth-order valence-electron chi connectivity index (χ4n) is 3.39. The number of ether oxygens (including phenoxy) is 4. The summed E-state index contributed by atoms with van der Waals surface area (Å²) < 4.78 is 27.6. The Bertz CT molecular complexity index is 1220. The van der Waals surface area contributed by atoms with E-state index in [0.29, 0.717) is 28.7 Å². The van der Waals surface area contributed by atoms with Gasteiger partial charge in [0.2, 0.25) is 5.75 Å². The SMILES string of the molecule is COc1cc(NC(=O)c2ccc(COc3cccc4ccccc34)o2)cc(OC)c1OC. The van der Waals surface area contributed by atoms with E-state index >= 15 is 0 Å². The first-order chi connectivity index (χ1) is 15.6. The highest BCUT2D eigenvalue weighted by Crippen LogP contribution is 2.40. The van der Waals surface area contributed by atoms with Gasteiger partial charge in [0, 0.05) is 23.2 Å². The van der Waals surface area contributed by atoms with Gasteiger partial charge >= 0.3 is 0 Å². The zero-order valence-electron chi connectivity index (χ0n) is 18.0. The van der Waals surface area contributed by atoms with Crippen molar-refractivity contribution in [1.82, 2.24) is 0 Å². The lowest BCUT2D eigenvalue weighted by molar-refractivity contribution is 0.0992. The van der Waals surface area contributed by atoms with E-state index in [4.69, 9.17) is 23.4 Å². The average molecular weight is 433 g/mol. The van der Waals surface area contributed by atoms with Crippen molar-refractivity contribution in [2.75, 3.05) is 26.6 Å². The maximum absolute atomic E-state index is 12.7. The number of anilines is 1. The van der Waals surface area contributed by atoms with E-state index in [1.54, 1.807) is 24.3 Å². The number of methoxy groups -OCH3 is 3. The van der Waals surface area contributed by atoms with Crippen molar-refractivity contribution in [3.63, 3.8) is 0 Å². The Hall–Kier alpha value is -4.13. The number of benzene rings is 3. The summed E-state index contributed by atoms with van der Waals surface area (Å²) in [6.07, 6.45) is 0. The van der Waals surface area contributed by atoms with E-state index in [9.17, 15) is 4.79 Å². The van der Waals surface area contributed by atoms with Crippen molar-refractivity contribution < 1.29 is 28.2 Å². The Labute approximate surface area is 185 Å². The Kier molecular flexibility index (Phi) is 6.17. The molecule has 1 heterocycles. The molecule has 0 saturated heterocycles. The molecule has 0 bridgehead atoms. The summed E-state index contributed by atoms with van der Waals surface area (Å²) in [7, 11) is 4.54. The van der Waals surface area contributed by atoms with Gasteiger partial charge < -0.3 is 28.7 Å². The van der Waals surface area contributed by atoms with Gasteiger partial charge in [0.05, 0.1) is 21.3 Å². The molecule has 0 fully saturated rings. The third kappa shape index (κ3) is 4.32. The van der Waals surface area contributed by atoms with Crippen LogP contribution in [0.25, 0.3) is 10.8 Å². The first-order valence-corrected chi connectivity index (χ1v) is 9.93. The summed E-state index contributed by atoms with van der Waals surface area (Å²) in [5.74, 6) is 2.36. The van der Waals surface area contributed by atoms with Gasteiger partial charge in [0.1, 0.15) is 18.1 Å². The summed E-state index contributed by atoms with van der Waals surface area (Å²) >= 11 is 0. The van der Waals surface area contributed by atoms with Crippen molar-refractivity contribution in [2.24, 2.45) is 0 Å². The quantitative estimate of drug-likeness (QED) is 0.407. The summed E-state index contributed by atoms with van der Waals surface area (Å²) in [4.78, 5) is 12.7. The highest BCUT2D eigenvalue weighted by atomic mass is 16.5. The van der Waals surface area contributed by atoms with Crippen molar-refractivity contribution >= 4 is 22.4 Å². The van der Waals surface area contributed by atoms with Gasteiger partial charge in [-0.25, -0.2) is 0 Å². The van der Waals surface area contributed by atoms with Crippen LogP contribution in [0.5, 0.6) is 23.0 Å². The number of furan rings is 1. The van der Waals surface area contributed by atoms with E-state index in [2.05, 4.69) is 5.32 Å². The normalized spacial score (nSPS) is 10.6. The maximum Gasteiger partial charge on any atom is 0.291 e. The summed E-state index contributed by atoms with van der Waals surface area (Å²) in [6, 6.07) is 20.5. The molecule has 0 spiro atoms. The van der Waals surface area contributed by atoms with E-state index < -0.39 is 5.91 Å². The molecule has 0 aliphatic carbocycles. The average Bonchev–Trinajstić information content (AvgIpc) is 3.31. The summed E-state index contributed by atoms with van der Waals surface area (Å²) in [6.45, 7) is 0.200. The molecule has 1 aromatic heterocycles. The predicted octanol–water partition coefficient (Wildman–Crippen LogP) is 5.29. The van der Waals surface area contributed by atoms with Crippen LogP contribution in [-0.4, -0.2) is 27.2 Å². The molecule has 164 valence electrons. The lowest BCUT2D eigenvalue weighted by atomic mass is 10.1. The van der Waals surface area contributed by atoms with E-state index in [1.807, 2.05) is 42.5 Å². The fourth-order valence-corrected chi connectivity index (χ4v) is 3.39. The number of amides is 1. The second-order valence-electron chi connectivity index (χ2n) is 6.90. The molecule has 3 aromatic carbocycles. The lowest BCUT2D eigenvalue weighted by Gasteiger charge is -2.14. The molecular weight excluding hydrogens is 410 g/mol. The molecule has 1 amide bonds. The van der Waals surface area contributed by atoms with Gasteiger partial charge in [-0.15, -0.1) is 0 Å². The Morgan fingerprint density at radius 1 is 0.844 bits per heavy atom. The van der Waals surface area contributed by atoms with Crippen LogP contribution < -0.4 is 24.3 Å². The van der Waals surface area contributed by atoms with Crippen molar-refractivity contribution in [3.8, 4) is 23.0 Å². The van der Waals surface area contributed by atoms with Crippen LogP contribution in [0.1, 0.15) is 16.3 Å². The van der Waals surface area contributed by atoms with Gasteiger partial charge in [-0.3, -0.25) is 4.79 Å². The number of hydrogen-bond donors (Lipinski definition) is 1. The van der Waals surface area contributed by atoms with E-state index in [1.165, 1.54) is 21.3 Å². The molecule has 0 unspecified atom stereocenters. The highest BCUT2D eigenvalue weighted by molar-refractivity contribution is 6.02. The Balaban J connectivity index is 1.46. The molecule has 32 heavy (non-hydrogen) atoms. The molecule has 7 heteroatoms. The zero-order chi connectivity index (χ0) is 22.5. The first kappa shape index (κ1) is 21.1. The van der Waals surface area contributed by atoms with Gasteiger partial charge in [-0.2, -0.15) is 0 Å². The third-order valence-corrected chi connectivity index (χ3v) is 4.93. The van der Waals surface area contributed by atoms with Crippen LogP contribution in [-0.2, 0) is 6.61 Å². The fraction of sp³-hybridized carbons (Fsp3) is 0.160. The Morgan fingerprint density at radius 2 is 1.56 bits per heavy atom. The molecule has 0 aliphatic heterocycles. The minimum atomic E-state index is -0.407. The van der Waals surface area contributed by atoms with Crippen LogP contribution in [0.4, 0.5) is 5.69 Å². The lowest BCUT2D eigenvalue weighted by Crippen LogP contribution is -2.11. The van der Waals surface area contributed by atoms with Gasteiger partial charge in [-0.05, 0) is 23.6 Å². The standard InChI is InChI=1S/C25H23NO6/c1-28-22-13-17(14-23(29-2)24(22)30-3)26-25(27)21-12-11-18(32-21)15-31-20-10-6-8-16-7-4-5-9-19(16)20/h4-14H,15H2,1-3H3,(H,26,27). The molecule has 4 rings (SSSR count). The van der Waals surface area contributed by atoms with Crippen LogP contribution in [0, 0.1) is 0 Å². The molecule has 7 nitrogen and oxygen atoms in total. The van der Waals surface area contributed by atoms with Gasteiger partial charge in [-0.1, -0.05) is 36.4 Å². The van der Waals surface area contributed by atoms with Crippen molar-refractivity contribution in [3.05, 3.63) is 78.3 Å². The van der Waals surface area contributed by atoms with Gasteiger partial charge in [0.25, 0.3) is 5.91 Å². The minimum Gasteiger partial charge on any atom is -0.493 e. The smallest absolute Gasteiger partial charge is 0.291 e. The van der Waals surface area contributed by atoms with Crippen LogP contribution in [0.15, 0.2) is 71.1 Å². The minimum absolute atomic E-state index is 0.162. The Morgan fingerprint density at radius 3 is 2.28 bits per heavy atom. The topological polar surface area (TPSA) is 79.2 Å². The van der Waals surface area contributed by atoms with Crippen LogP contribution in [0.2, 0.25) is 0 Å². The second kappa shape index (κ2) is 9.34. The maximum atomic E-state index is 12.7. The van der Waals surface area contributed by atoms with Crippen molar-refractivity contribution in [1.29, 1.82) is 0 Å². The number of rotatable bonds is 8. The molecular formula is C25H23NO6. The largest absolute Gasteiger partial charge is 0.493 e. The highest BCUT2D eigenvalue weighted by Gasteiger charge is 2.17. The molecule has 0 atom stereocenters. The predicted molar refractivity (Wildman–Crippen MR) is 121 cm³/mol. The number of carbonyl (C=O) groups is 1. The number of hydrogen-bond acceptors (Lipinski definition) is 6. The summed E-state index contributed by atoms with van der Waals surface area (Å²) in [5, 5.41) is 4.89. The number of carbonyl (C=O) groups excluding carboxylic acids is 1. The van der Waals surface area contributed by atoms with E-state index in [0.717, 1.165) is 16.5 Å². The van der Waals surface area contributed by atoms with Crippen LogP contribution >= 0.6 is 0 Å². The van der Waals surface area contributed by atoms with Crippen LogP contribution in [0.3, 0.4) is 0 Å². The zero-order valence-corrected chi connectivity index (χ0v) is 18.0. The molecule has 0 radical (unpaired) electrons. The number of fused-ring (bicyclic) bond motifs is 1. The monoisotopic (exact) mass is 433 g/mol. The third-order valence-electron chi connectivity index (χ3n) is 4.93. The molecule has 0 aliphatic rings. The second-order valence-corrected chi connectivity index (χ2v) is 6.90.